The molecule has 1 aliphatic heterocycles. The molecule has 1 saturated heterocycles. The van der Waals surface area contributed by atoms with E-state index in [1.807, 2.05) is 36.0 Å². The third-order valence-electron chi connectivity index (χ3n) is 4.11. The number of hydrogen-bond donors (Lipinski definition) is 0. The number of aryl methyl sites for hydroxylation is 2. The minimum Gasteiger partial charge on any atom is -0.361 e. The largest absolute Gasteiger partial charge is 0.361 e. The molecule has 23 heavy (non-hydrogen) atoms. The maximum absolute atomic E-state index is 14.5. The number of hydrogen-bond acceptors (Lipinski definition) is 6. The van der Waals surface area contributed by atoms with Crippen LogP contribution in [0, 0.1) is 19.7 Å². The van der Waals surface area contributed by atoms with Crippen LogP contribution in [0.1, 0.15) is 36.1 Å². The lowest BCUT2D eigenvalue weighted by molar-refractivity contribution is 0.578. The zero-order valence-corrected chi connectivity index (χ0v) is 13.9. The first-order chi connectivity index (χ1) is 11.0. The molecule has 0 radical (unpaired) electrons. The Morgan fingerprint density at radius 1 is 1.17 bits per heavy atom. The quantitative estimate of drug-likeness (QED) is 0.867. The number of anilines is 2. The van der Waals surface area contributed by atoms with Crippen LogP contribution in [0.3, 0.4) is 0 Å². The number of rotatable bonds is 3. The van der Waals surface area contributed by atoms with Crippen molar-refractivity contribution in [3.8, 4) is 0 Å². The predicted octanol–water partition coefficient (Wildman–Crippen LogP) is 2.43. The van der Waals surface area contributed by atoms with Gasteiger partial charge < -0.3 is 9.80 Å². The van der Waals surface area contributed by atoms with Crippen LogP contribution < -0.4 is 9.80 Å². The van der Waals surface area contributed by atoms with Crippen LogP contribution >= 0.6 is 0 Å². The van der Waals surface area contributed by atoms with Gasteiger partial charge in [0, 0.05) is 20.6 Å². The summed E-state index contributed by atoms with van der Waals surface area (Å²) in [5.41, 5.74) is 1.23. The summed E-state index contributed by atoms with van der Waals surface area (Å²) in [5.74, 6) is 1.41. The Kier molecular flexibility index (Phi) is 4.11. The first-order valence-corrected chi connectivity index (χ1v) is 7.75. The second-order valence-electron chi connectivity index (χ2n) is 6.06. The van der Waals surface area contributed by atoms with Crippen molar-refractivity contribution in [3.05, 3.63) is 35.2 Å². The summed E-state index contributed by atoms with van der Waals surface area (Å²) in [7, 11) is 3.85. The van der Waals surface area contributed by atoms with E-state index >= 15 is 0 Å². The van der Waals surface area contributed by atoms with E-state index in [0.717, 1.165) is 30.9 Å². The highest BCUT2D eigenvalue weighted by Crippen LogP contribution is 2.35. The molecule has 3 rings (SSSR count). The van der Waals surface area contributed by atoms with E-state index in [4.69, 9.17) is 0 Å². The Morgan fingerprint density at radius 2 is 1.96 bits per heavy atom. The lowest BCUT2D eigenvalue weighted by Gasteiger charge is -2.26. The molecule has 2 aromatic heterocycles. The lowest BCUT2D eigenvalue weighted by atomic mass is 10.1. The van der Waals surface area contributed by atoms with Crippen molar-refractivity contribution >= 4 is 11.6 Å². The van der Waals surface area contributed by atoms with E-state index in [2.05, 4.69) is 20.2 Å². The van der Waals surface area contributed by atoms with Gasteiger partial charge in [0.1, 0.15) is 5.82 Å². The summed E-state index contributed by atoms with van der Waals surface area (Å²) < 4.78 is 14.5. The Hall–Kier alpha value is -2.31. The van der Waals surface area contributed by atoms with Crippen molar-refractivity contribution in [2.45, 2.75) is 32.7 Å². The molecule has 1 aliphatic rings. The van der Waals surface area contributed by atoms with Crippen LogP contribution in [-0.4, -0.2) is 40.8 Å². The standard InChI is InChI=1S/C16H21FN6/c1-10-15(17)16(19-11(2)18-10)23-9-5-6-13(23)12-7-8-14(21-20-12)22(3)4/h7-8,13H,5-6,9H2,1-4H3. The first kappa shape index (κ1) is 15.6. The fraction of sp³-hybridized carbons (Fsp3) is 0.500. The van der Waals surface area contributed by atoms with Gasteiger partial charge in [-0.05, 0) is 38.8 Å². The highest BCUT2D eigenvalue weighted by molar-refractivity contribution is 5.46. The average Bonchev–Trinajstić information content (AvgIpc) is 3.00. The van der Waals surface area contributed by atoms with Crippen LogP contribution in [0.5, 0.6) is 0 Å². The Morgan fingerprint density at radius 3 is 2.61 bits per heavy atom. The van der Waals surface area contributed by atoms with E-state index in [0.29, 0.717) is 17.3 Å². The summed E-state index contributed by atoms with van der Waals surface area (Å²) in [4.78, 5) is 12.3. The molecule has 0 aromatic carbocycles. The first-order valence-electron chi connectivity index (χ1n) is 7.75. The molecule has 0 N–H and O–H groups in total. The monoisotopic (exact) mass is 316 g/mol. The Balaban J connectivity index is 1.94. The van der Waals surface area contributed by atoms with Gasteiger partial charge in [0.15, 0.2) is 17.5 Å². The van der Waals surface area contributed by atoms with E-state index in [1.165, 1.54) is 0 Å². The molecular weight excluding hydrogens is 295 g/mol. The van der Waals surface area contributed by atoms with E-state index in [1.54, 1.807) is 13.8 Å². The summed E-state index contributed by atoms with van der Waals surface area (Å²) in [5, 5.41) is 8.56. The molecule has 1 unspecified atom stereocenters. The number of nitrogens with zero attached hydrogens (tertiary/aromatic N) is 6. The molecule has 1 atom stereocenters. The highest BCUT2D eigenvalue weighted by atomic mass is 19.1. The van der Waals surface area contributed by atoms with Crippen LogP contribution in [0.25, 0.3) is 0 Å². The summed E-state index contributed by atoms with van der Waals surface area (Å²) >= 11 is 0. The predicted molar refractivity (Wildman–Crippen MR) is 87.1 cm³/mol. The minimum absolute atomic E-state index is 0.00177. The van der Waals surface area contributed by atoms with Gasteiger partial charge in [0.05, 0.1) is 17.4 Å². The van der Waals surface area contributed by atoms with Gasteiger partial charge in [-0.1, -0.05) is 0 Å². The highest BCUT2D eigenvalue weighted by Gasteiger charge is 2.31. The second kappa shape index (κ2) is 6.06. The fourth-order valence-electron chi connectivity index (χ4n) is 2.95. The van der Waals surface area contributed by atoms with Gasteiger partial charge in [-0.2, -0.15) is 5.10 Å². The minimum atomic E-state index is -0.347. The second-order valence-corrected chi connectivity index (χ2v) is 6.06. The van der Waals surface area contributed by atoms with Crippen LogP contribution in [0.15, 0.2) is 12.1 Å². The topological polar surface area (TPSA) is 58.0 Å². The average molecular weight is 316 g/mol. The SMILES string of the molecule is Cc1nc(C)c(F)c(N2CCCC2c2ccc(N(C)C)nn2)n1. The van der Waals surface area contributed by atoms with Crippen molar-refractivity contribution in [3.63, 3.8) is 0 Å². The molecule has 1 fully saturated rings. The van der Waals surface area contributed by atoms with Crippen molar-refractivity contribution < 1.29 is 4.39 Å². The zero-order chi connectivity index (χ0) is 16.6. The van der Waals surface area contributed by atoms with Crippen molar-refractivity contribution in [2.75, 3.05) is 30.4 Å². The van der Waals surface area contributed by atoms with E-state index in [9.17, 15) is 4.39 Å². The summed E-state index contributed by atoms with van der Waals surface area (Å²) in [6.45, 7) is 4.21. The molecule has 0 amide bonds. The Labute approximate surface area is 135 Å². The maximum Gasteiger partial charge on any atom is 0.186 e. The van der Waals surface area contributed by atoms with Crippen molar-refractivity contribution in [1.82, 2.24) is 20.2 Å². The van der Waals surface area contributed by atoms with Gasteiger partial charge >= 0.3 is 0 Å². The maximum atomic E-state index is 14.5. The molecule has 122 valence electrons. The van der Waals surface area contributed by atoms with Crippen LogP contribution in [-0.2, 0) is 0 Å². The normalized spacial score (nSPS) is 17.6. The molecule has 0 spiro atoms. The molecule has 3 heterocycles. The van der Waals surface area contributed by atoms with Crippen molar-refractivity contribution in [2.24, 2.45) is 0 Å². The van der Waals surface area contributed by atoms with Gasteiger partial charge in [-0.25, -0.2) is 14.4 Å². The third kappa shape index (κ3) is 2.95. The molecule has 2 aromatic rings. The van der Waals surface area contributed by atoms with Gasteiger partial charge in [0.2, 0.25) is 0 Å². The van der Waals surface area contributed by atoms with Crippen LogP contribution in [0.2, 0.25) is 0 Å². The molecule has 0 bridgehead atoms. The lowest BCUT2D eigenvalue weighted by Crippen LogP contribution is -2.26. The van der Waals surface area contributed by atoms with Crippen LogP contribution in [0.4, 0.5) is 16.0 Å². The summed E-state index contributed by atoms with van der Waals surface area (Å²) in [6, 6.07) is 3.90. The van der Waals surface area contributed by atoms with Gasteiger partial charge in [0.25, 0.3) is 0 Å². The van der Waals surface area contributed by atoms with Crippen molar-refractivity contribution in [1.29, 1.82) is 0 Å². The smallest absolute Gasteiger partial charge is 0.186 e. The fourth-order valence-corrected chi connectivity index (χ4v) is 2.95. The summed E-state index contributed by atoms with van der Waals surface area (Å²) in [6.07, 6.45) is 1.89. The number of halogens is 1. The van der Waals surface area contributed by atoms with Gasteiger partial charge in [-0.15, -0.1) is 5.10 Å². The van der Waals surface area contributed by atoms with E-state index < -0.39 is 0 Å². The molecule has 0 aliphatic carbocycles. The zero-order valence-electron chi connectivity index (χ0n) is 13.9. The molecule has 7 heteroatoms. The third-order valence-corrected chi connectivity index (χ3v) is 4.11. The molecule has 6 nitrogen and oxygen atoms in total. The molecular formula is C16H21FN6. The van der Waals surface area contributed by atoms with Gasteiger partial charge in [-0.3, -0.25) is 0 Å². The molecule has 0 saturated carbocycles. The van der Waals surface area contributed by atoms with E-state index in [-0.39, 0.29) is 11.9 Å². The number of aromatic nitrogens is 4. The Bertz CT molecular complexity index is 700.